The van der Waals surface area contributed by atoms with Crippen molar-refractivity contribution in [3.05, 3.63) is 5.01 Å². The van der Waals surface area contributed by atoms with Gasteiger partial charge in [-0.05, 0) is 32.4 Å². The molecule has 1 atom stereocenters. The molecule has 0 aliphatic carbocycles. The standard InChI is InChI=1S/C13H24N4S/c1-13(2,3)11-15-16-12(18-11)14-8-10-6-5-7-17(4)9-10/h10H,5-9H2,1-4H3,(H,14,16). The Labute approximate surface area is 114 Å². The molecule has 2 rings (SSSR count). The van der Waals surface area contributed by atoms with Gasteiger partial charge in [-0.25, -0.2) is 0 Å². The smallest absolute Gasteiger partial charge is 0.205 e. The van der Waals surface area contributed by atoms with E-state index in [0.717, 1.165) is 22.6 Å². The second kappa shape index (κ2) is 5.53. The number of hydrogen-bond acceptors (Lipinski definition) is 5. The molecule has 1 saturated heterocycles. The average molecular weight is 268 g/mol. The van der Waals surface area contributed by atoms with E-state index >= 15 is 0 Å². The van der Waals surface area contributed by atoms with Crippen molar-refractivity contribution >= 4 is 16.5 Å². The summed E-state index contributed by atoms with van der Waals surface area (Å²) in [5, 5.41) is 14.0. The topological polar surface area (TPSA) is 41.0 Å². The fourth-order valence-corrected chi connectivity index (χ4v) is 3.08. The fraction of sp³-hybridized carbons (Fsp3) is 0.846. The molecule has 1 aliphatic rings. The molecule has 2 heterocycles. The number of nitrogens with one attached hydrogen (secondary N) is 1. The monoisotopic (exact) mass is 268 g/mol. The summed E-state index contributed by atoms with van der Waals surface area (Å²) in [7, 11) is 2.20. The van der Waals surface area contributed by atoms with E-state index < -0.39 is 0 Å². The predicted octanol–water partition coefficient (Wildman–Crippen LogP) is 2.59. The van der Waals surface area contributed by atoms with Crippen molar-refractivity contribution < 1.29 is 0 Å². The van der Waals surface area contributed by atoms with Crippen LogP contribution in [0.4, 0.5) is 5.13 Å². The minimum absolute atomic E-state index is 0.0999. The van der Waals surface area contributed by atoms with Gasteiger partial charge in [-0.3, -0.25) is 0 Å². The third kappa shape index (κ3) is 3.65. The first-order valence-corrected chi connectivity index (χ1v) is 7.53. The molecule has 1 N–H and O–H groups in total. The quantitative estimate of drug-likeness (QED) is 0.915. The molecule has 0 saturated carbocycles. The number of nitrogens with zero attached hydrogens (tertiary/aromatic N) is 3. The molecule has 1 aromatic heterocycles. The van der Waals surface area contributed by atoms with Gasteiger partial charge in [-0.2, -0.15) is 0 Å². The highest BCUT2D eigenvalue weighted by Crippen LogP contribution is 2.28. The first-order chi connectivity index (χ1) is 8.45. The van der Waals surface area contributed by atoms with Crippen LogP contribution in [0.1, 0.15) is 38.6 Å². The molecule has 0 spiro atoms. The number of likely N-dealkylation sites (tertiary alicyclic amines) is 1. The highest BCUT2D eigenvalue weighted by molar-refractivity contribution is 7.15. The molecule has 5 heteroatoms. The van der Waals surface area contributed by atoms with Crippen LogP contribution >= 0.6 is 11.3 Å². The zero-order chi connectivity index (χ0) is 13.2. The summed E-state index contributed by atoms with van der Waals surface area (Å²) in [4.78, 5) is 2.41. The van der Waals surface area contributed by atoms with Gasteiger partial charge in [0.05, 0.1) is 0 Å². The van der Waals surface area contributed by atoms with E-state index in [4.69, 9.17) is 0 Å². The van der Waals surface area contributed by atoms with Gasteiger partial charge in [0.15, 0.2) is 0 Å². The van der Waals surface area contributed by atoms with Gasteiger partial charge < -0.3 is 10.2 Å². The van der Waals surface area contributed by atoms with E-state index in [-0.39, 0.29) is 5.41 Å². The summed E-state index contributed by atoms with van der Waals surface area (Å²) in [5.41, 5.74) is 0.0999. The lowest BCUT2D eigenvalue weighted by molar-refractivity contribution is 0.217. The summed E-state index contributed by atoms with van der Waals surface area (Å²) >= 11 is 1.68. The van der Waals surface area contributed by atoms with E-state index in [9.17, 15) is 0 Å². The van der Waals surface area contributed by atoms with Crippen LogP contribution in [0.3, 0.4) is 0 Å². The van der Waals surface area contributed by atoms with Crippen molar-refractivity contribution in [1.82, 2.24) is 15.1 Å². The second-order valence-corrected chi connectivity index (χ2v) is 7.29. The van der Waals surface area contributed by atoms with E-state index in [2.05, 4.69) is 48.2 Å². The third-order valence-corrected chi connectivity index (χ3v) is 4.64. The molecule has 18 heavy (non-hydrogen) atoms. The largest absolute Gasteiger partial charge is 0.360 e. The Balaban J connectivity index is 1.85. The Morgan fingerprint density at radius 1 is 1.39 bits per heavy atom. The van der Waals surface area contributed by atoms with Crippen molar-refractivity contribution in [2.45, 2.75) is 39.0 Å². The second-order valence-electron chi connectivity index (χ2n) is 6.31. The summed E-state index contributed by atoms with van der Waals surface area (Å²) in [6, 6.07) is 0. The Kier molecular flexibility index (Phi) is 4.22. The van der Waals surface area contributed by atoms with Crippen LogP contribution in [0.25, 0.3) is 0 Å². The van der Waals surface area contributed by atoms with Crippen LogP contribution in [0.5, 0.6) is 0 Å². The van der Waals surface area contributed by atoms with Crippen molar-refractivity contribution in [3.63, 3.8) is 0 Å². The number of piperidine rings is 1. The lowest BCUT2D eigenvalue weighted by atomic mass is 9.98. The molecule has 0 aromatic carbocycles. The van der Waals surface area contributed by atoms with Gasteiger partial charge >= 0.3 is 0 Å². The van der Waals surface area contributed by atoms with Crippen LogP contribution in [-0.2, 0) is 5.41 Å². The molecule has 1 fully saturated rings. The van der Waals surface area contributed by atoms with E-state index in [1.807, 2.05) is 0 Å². The summed E-state index contributed by atoms with van der Waals surface area (Å²) in [6.45, 7) is 9.97. The van der Waals surface area contributed by atoms with Gasteiger partial charge in [0, 0.05) is 18.5 Å². The highest BCUT2D eigenvalue weighted by Gasteiger charge is 2.20. The number of hydrogen-bond donors (Lipinski definition) is 1. The third-order valence-electron chi connectivity index (χ3n) is 3.33. The molecular weight excluding hydrogens is 244 g/mol. The van der Waals surface area contributed by atoms with E-state index in [0.29, 0.717) is 0 Å². The lowest BCUT2D eigenvalue weighted by Crippen LogP contribution is -2.35. The van der Waals surface area contributed by atoms with Crippen molar-refractivity contribution in [2.75, 3.05) is 32.0 Å². The van der Waals surface area contributed by atoms with Gasteiger partial charge in [0.2, 0.25) is 5.13 Å². The molecule has 4 nitrogen and oxygen atoms in total. The van der Waals surface area contributed by atoms with Gasteiger partial charge in [-0.1, -0.05) is 32.1 Å². The maximum Gasteiger partial charge on any atom is 0.205 e. The maximum atomic E-state index is 4.26. The SMILES string of the molecule is CN1CCCC(CNc2nnc(C(C)(C)C)s2)C1. The maximum absolute atomic E-state index is 4.26. The molecule has 1 aromatic rings. The first kappa shape index (κ1) is 13.7. The predicted molar refractivity (Wildman–Crippen MR) is 77.3 cm³/mol. The molecule has 102 valence electrons. The van der Waals surface area contributed by atoms with Crippen LogP contribution in [0, 0.1) is 5.92 Å². The van der Waals surface area contributed by atoms with E-state index in [1.54, 1.807) is 11.3 Å². The van der Waals surface area contributed by atoms with Crippen molar-refractivity contribution in [1.29, 1.82) is 0 Å². The lowest BCUT2D eigenvalue weighted by Gasteiger charge is -2.29. The molecular formula is C13H24N4S. The first-order valence-electron chi connectivity index (χ1n) is 6.71. The Morgan fingerprint density at radius 3 is 2.78 bits per heavy atom. The summed E-state index contributed by atoms with van der Waals surface area (Å²) in [5.74, 6) is 0.741. The Morgan fingerprint density at radius 2 is 2.17 bits per heavy atom. The summed E-state index contributed by atoms with van der Waals surface area (Å²) in [6.07, 6.45) is 2.63. The zero-order valence-corrected chi connectivity index (χ0v) is 12.7. The normalized spacial score (nSPS) is 22.1. The molecule has 0 radical (unpaired) electrons. The van der Waals surface area contributed by atoms with Crippen molar-refractivity contribution in [2.24, 2.45) is 5.92 Å². The van der Waals surface area contributed by atoms with Crippen LogP contribution < -0.4 is 5.32 Å². The van der Waals surface area contributed by atoms with Crippen LogP contribution in [0.2, 0.25) is 0 Å². The Hall–Kier alpha value is -0.680. The minimum Gasteiger partial charge on any atom is -0.360 e. The molecule has 1 unspecified atom stereocenters. The Bertz CT molecular complexity index is 383. The van der Waals surface area contributed by atoms with E-state index in [1.165, 1.54) is 25.9 Å². The van der Waals surface area contributed by atoms with Crippen LogP contribution in [-0.4, -0.2) is 41.8 Å². The fourth-order valence-electron chi connectivity index (χ4n) is 2.27. The zero-order valence-electron chi connectivity index (χ0n) is 11.9. The van der Waals surface area contributed by atoms with Gasteiger partial charge in [0.1, 0.15) is 5.01 Å². The summed E-state index contributed by atoms with van der Waals surface area (Å²) < 4.78 is 0. The van der Waals surface area contributed by atoms with Crippen molar-refractivity contribution in [3.8, 4) is 0 Å². The minimum atomic E-state index is 0.0999. The molecule has 0 bridgehead atoms. The average Bonchev–Trinajstić information content (AvgIpc) is 2.74. The number of aromatic nitrogens is 2. The highest BCUT2D eigenvalue weighted by atomic mass is 32.1. The van der Waals surface area contributed by atoms with Gasteiger partial charge in [0.25, 0.3) is 0 Å². The number of anilines is 1. The number of rotatable bonds is 3. The van der Waals surface area contributed by atoms with Gasteiger partial charge in [-0.15, -0.1) is 10.2 Å². The van der Waals surface area contributed by atoms with Crippen LogP contribution in [0.15, 0.2) is 0 Å². The molecule has 1 aliphatic heterocycles. The molecule has 0 amide bonds.